The summed E-state index contributed by atoms with van der Waals surface area (Å²) in [5, 5.41) is 13.0. The minimum atomic E-state index is -0.734. The van der Waals surface area contributed by atoms with Gasteiger partial charge in [0.15, 0.2) is 0 Å². The van der Waals surface area contributed by atoms with E-state index in [0.29, 0.717) is 30.4 Å². The minimum Gasteiger partial charge on any atom is -0.389 e. The molecule has 7 heteroatoms. The van der Waals surface area contributed by atoms with Gasteiger partial charge >= 0.3 is 0 Å². The number of aryl methyl sites for hydroxylation is 1. The summed E-state index contributed by atoms with van der Waals surface area (Å²) in [6, 6.07) is 17.8. The first-order valence-corrected chi connectivity index (χ1v) is 12.1. The van der Waals surface area contributed by atoms with E-state index in [2.05, 4.69) is 27.1 Å². The molecule has 1 saturated heterocycles. The summed E-state index contributed by atoms with van der Waals surface area (Å²) in [6.07, 6.45) is 5.70. The molecule has 6 rings (SSSR count). The fraction of sp³-hybridized carbons (Fsp3) is 0.241. The smallest absolute Gasteiger partial charge is 0.261 e. The highest BCUT2D eigenvalue weighted by atomic mass is 16.5. The Morgan fingerprint density at radius 3 is 2.69 bits per heavy atom. The maximum Gasteiger partial charge on any atom is 0.261 e. The number of fused-ring (bicyclic) bond motifs is 3. The molecule has 4 heterocycles. The summed E-state index contributed by atoms with van der Waals surface area (Å²) in [5.41, 5.74) is 5.47. The van der Waals surface area contributed by atoms with Crippen molar-refractivity contribution in [3.8, 4) is 11.3 Å². The number of benzene rings is 2. The van der Waals surface area contributed by atoms with Crippen molar-refractivity contribution in [1.82, 2.24) is 19.5 Å². The Morgan fingerprint density at radius 1 is 1.03 bits per heavy atom. The van der Waals surface area contributed by atoms with Crippen LogP contribution in [0.5, 0.6) is 0 Å². The van der Waals surface area contributed by atoms with Gasteiger partial charge in [-0.15, -0.1) is 0 Å². The number of rotatable bonds is 4. The zero-order chi connectivity index (χ0) is 24.6. The van der Waals surface area contributed by atoms with Gasteiger partial charge in [0.1, 0.15) is 0 Å². The van der Waals surface area contributed by atoms with E-state index in [-0.39, 0.29) is 18.2 Å². The van der Waals surface area contributed by atoms with Crippen LogP contribution in [-0.4, -0.2) is 43.9 Å². The van der Waals surface area contributed by atoms with Gasteiger partial charge in [-0.1, -0.05) is 24.3 Å². The number of hydrogen-bond acceptors (Lipinski definition) is 6. The van der Waals surface area contributed by atoms with Crippen molar-refractivity contribution < 1.29 is 9.84 Å². The largest absolute Gasteiger partial charge is 0.389 e. The Morgan fingerprint density at radius 2 is 1.89 bits per heavy atom. The Bertz CT molecular complexity index is 1630. The molecule has 1 aliphatic heterocycles. The van der Waals surface area contributed by atoms with Gasteiger partial charge in [-0.2, -0.15) is 0 Å². The van der Waals surface area contributed by atoms with Crippen LogP contribution in [0.15, 0.2) is 78.1 Å². The lowest BCUT2D eigenvalue weighted by molar-refractivity contribution is -0.0395. The van der Waals surface area contributed by atoms with Gasteiger partial charge in [0.25, 0.3) is 5.56 Å². The van der Waals surface area contributed by atoms with Gasteiger partial charge in [0.2, 0.25) is 0 Å². The second-order valence-corrected chi connectivity index (χ2v) is 9.35. The number of ether oxygens (including phenoxy) is 1. The van der Waals surface area contributed by atoms with Crippen LogP contribution in [0.3, 0.4) is 0 Å². The first-order valence-electron chi connectivity index (χ1n) is 12.1. The molecule has 1 N–H and O–H groups in total. The quantitative estimate of drug-likeness (QED) is 0.389. The van der Waals surface area contributed by atoms with Crippen LogP contribution >= 0.6 is 0 Å². The fourth-order valence-corrected chi connectivity index (χ4v) is 5.05. The molecular weight excluding hydrogens is 452 g/mol. The zero-order valence-electron chi connectivity index (χ0n) is 20.0. The molecule has 5 aromatic rings. The second-order valence-electron chi connectivity index (χ2n) is 9.35. The Labute approximate surface area is 208 Å². The number of aromatic nitrogens is 4. The molecule has 0 aliphatic carbocycles. The minimum absolute atomic E-state index is 0.140. The highest BCUT2D eigenvalue weighted by Crippen LogP contribution is 2.29. The molecule has 7 nitrogen and oxygen atoms in total. The van der Waals surface area contributed by atoms with Gasteiger partial charge in [0.05, 0.1) is 41.7 Å². The molecular formula is C29H26N4O3. The lowest BCUT2D eigenvalue weighted by Crippen LogP contribution is -2.39. The number of aliphatic hydroxyl groups excluding tert-OH is 1. The van der Waals surface area contributed by atoms with E-state index >= 15 is 0 Å². The van der Waals surface area contributed by atoms with Crippen molar-refractivity contribution in [1.29, 1.82) is 0 Å². The summed E-state index contributed by atoms with van der Waals surface area (Å²) in [4.78, 5) is 27.3. The summed E-state index contributed by atoms with van der Waals surface area (Å²) in [7, 11) is 0. The average molecular weight is 479 g/mol. The molecule has 36 heavy (non-hydrogen) atoms. The monoisotopic (exact) mass is 478 g/mol. The Kier molecular flexibility index (Phi) is 5.79. The van der Waals surface area contributed by atoms with Gasteiger partial charge in [-0.3, -0.25) is 19.3 Å². The van der Waals surface area contributed by atoms with Gasteiger partial charge in [-0.25, -0.2) is 4.98 Å². The summed E-state index contributed by atoms with van der Waals surface area (Å²) >= 11 is 0. The number of nitrogens with zero attached hydrogens (tertiary/aromatic N) is 4. The molecule has 0 radical (unpaired) electrons. The first-order chi connectivity index (χ1) is 17.6. The third kappa shape index (κ3) is 4.06. The number of aliphatic hydroxyl groups is 1. The normalized spacial score (nSPS) is 18.1. The molecule has 0 saturated carbocycles. The zero-order valence-corrected chi connectivity index (χ0v) is 20.0. The standard InChI is InChI=1S/C29H26N4O3/c1-18-6-7-20(15-31-18)25-13-19(8-10-30-25)12-21-14-24-28(23-5-3-2-4-22(21)23)32-17-33(29(24)35)26-9-11-36-16-27(26)34/h2-8,10,13-15,17,26-27,34H,9,11-12,16H2,1H3/t26-,27-/m0/s1. The van der Waals surface area contributed by atoms with E-state index in [4.69, 9.17) is 4.74 Å². The molecule has 0 unspecified atom stereocenters. The van der Waals surface area contributed by atoms with Crippen LogP contribution in [0, 0.1) is 6.92 Å². The van der Waals surface area contributed by atoms with E-state index in [0.717, 1.165) is 38.9 Å². The Hall–Kier alpha value is -3.94. The lowest BCUT2D eigenvalue weighted by atomic mass is 9.95. The predicted molar refractivity (Wildman–Crippen MR) is 139 cm³/mol. The molecule has 1 fully saturated rings. The molecule has 0 amide bonds. The van der Waals surface area contributed by atoms with Crippen LogP contribution in [0.2, 0.25) is 0 Å². The SMILES string of the molecule is Cc1ccc(-c2cc(Cc3cc4c(=O)n([C@H]5CCOC[C@@H]5O)cnc4c4ccccc34)ccn2)cn1. The van der Waals surface area contributed by atoms with E-state index < -0.39 is 6.10 Å². The van der Waals surface area contributed by atoms with Crippen molar-refractivity contribution in [2.75, 3.05) is 13.2 Å². The van der Waals surface area contributed by atoms with Crippen molar-refractivity contribution >= 4 is 21.7 Å². The third-order valence-corrected chi connectivity index (χ3v) is 6.95. The van der Waals surface area contributed by atoms with Crippen LogP contribution in [0.1, 0.15) is 29.3 Å². The Balaban J connectivity index is 1.46. The van der Waals surface area contributed by atoms with Crippen molar-refractivity contribution in [2.24, 2.45) is 0 Å². The maximum atomic E-state index is 13.6. The van der Waals surface area contributed by atoms with Crippen molar-refractivity contribution in [3.63, 3.8) is 0 Å². The predicted octanol–water partition coefficient (Wildman–Crippen LogP) is 4.23. The number of pyridine rings is 2. The van der Waals surface area contributed by atoms with Gasteiger partial charge in [-0.05, 0) is 66.6 Å². The maximum absolute atomic E-state index is 13.6. The van der Waals surface area contributed by atoms with E-state index in [1.165, 1.54) is 0 Å². The lowest BCUT2D eigenvalue weighted by Gasteiger charge is -2.29. The third-order valence-electron chi connectivity index (χ3n) is 6.95. The molecule has 2 atom stereocenters. The molecule has 3 aromatic heterocycles. The average Bonchev–Trinajstić information content (AvgIpc) is 2.90. The van der Waals surface area contributed by atoms with Crippen molar-refractivity contribution in [3.05, 3.63) is 100 Å². The van der Waals surface area contributed by atoms with Crippen LogP contribution in [0.25, 0.3) is 32.9 Å². The summed E-state index contributed by atoms with van der Waals surface area (Å²) in [6.45, 7) is 2.69. The molecule has 1 aliphatic rings. The highest BCUT2D eigenvalue weighted by Gasteiger charge is 2.27. The second kappa shape index (κ2) is 9.26. The van der Waals surface area contributed by atoms with Crippen molar-refractivity contribution in [2.45, 2.75) is 31.9 Å². The first kappa shape index (κ1) is 22.5. The fourth-order valence-electron chi connectivity index (χ4n) is 5.05. The molecule has 2 aromatic carbocycles. The van der Waals surface area contributed by atoms with E-state index in [1.54, 1.807) is 10.9 Å². The van der Waals surface area contributed by atoms with Crippen LogP contribution in [-0.2, 0) is 11.2 Å². The van der Waals surface area contributed by atoms with Crippen LogP contribution in [0.4, 0.5) is 0 Å². The highest BCUT2D eigenvalue weighted by molar-refractivity contribution is 6.06. The summed E-state index contributed by atoms with van der Waals surface area (Å²) in [5.74, 6) is 0. The molecule has 180 valence electrons. The topological polar surface area (TPSA) is 90.1 Å². The summed E-state index contributed by atoms with van der Waals surface area (Å²) < 4.78 is 6.93. The van der Waals surface area contributed by atoms with Gasteiger partial charge < -0.3 is 9.84 Å². The van der Waals surface area contributed by atoms with E-state index in [9.17, 15) is 9.90 Å². The molecule has 0 spiro atoms. The van der Waals surface area contributed by atoms with Crippen LogP contribution < -0.4 is 5.56 Å². The van der Waals surface area contributed by atoms with E-state index in [1.807, 2.05) is 61.8 Å². The van der Waals surface area contributed by atoms with Gasteiger partial charge in [0, 0.05) is 35.6 Å². The number of hydrogen-bond donors (Lipinski definition) is 1. The molecule has 0 bridgehead atoms.